The van der Waals surface area contributed by atoms with Gasteiger partial charge < -0.3 is 19.3 Å². The molecule has 0 saturated carbocycles. The molecule has 29 heavy (non-hydrogen) atoms. The molecule has 2 aromatic rings. The molecule has 1 fully saturated rings. The van der Waals surface area contributed by atoms with E-state index in [4.69, 9.17) is 9.47 Å². The molecule has 0 spiro atoms. The summed E-state index contributed by atoms with van der Waals surface area (Å²) in [7, 11) is 3.50. The van der Waals surface area contributed by atoms with Crippen LogP contribution in [0, 0.1) is 6.92 Å². The van der Waals surface area contributed by atoms with Gasteiger partial charge in [-0.25, -0.2) is 0 Å². The average Bonchev–Trinajstić information content (AvgIpc) is 2.74. The van der Waals surface area contributed by atoms with Gasteiger partial charge in [0.15, 0.2) is 6.10 Å². The predicted octanol–water partition coefficient (Wildman–Crippen LogP) is 2.82. The molecule has 0 N–H and O–H groups in total. The highest BCUT2D eigenvalue weighted by Crippen LogP contribution is 2.32. The number of hydrogen-bond acceptors (Lipinski definition) is 4. The average molecular weight is 396 g/mol. The van der Waals surface area contributed by atoms with Crippen LogP contribution in [0.3, 0.4) is 0 Å². The first-order valence-corrected chi connectivity index (χ1v) is 9.84. The number of nitrogens with zero attached hydrogens (tertiary/aromatic N) is 2. The zero-order valence-corrected chi connectivity index (χ0v) is 17.2. The van der Waals surface area contributed by atoms with Gasteiger partial charge in [-0.3, -0.25) is 9.59 Å². The minimum Gasteiger partial charge on any atom is -0.494 e. The number of hydrogen-bond donors (Lipinski definition) is 0. The fourth-order valence-corrected chi connectivity index (χ4v) is 3.54. The zero-order chi connectivity index (χ0) is 20.8. The first-order valence-electron chi connectivity index (χ1n) is 9.84. The summed E-state index contributed by atoms with van der Waals surface area (Å²) < 4.78 is 11.4. The summed E-state index contributed by atoms with van der Waals surface area (Å²) >= 11 is 0. The number of ether oxygens (including phenoxy) is 2. The SMILES string of the molecule is Cc1ccccc1[C@@H]1[C@@H](C(=O)N(C)CCCOc2ccccc2)OCC(=O)N1C. The van der Waals surface area contributed by atoms with Crippen molar-refractivity contribution in [3.8, 4) is 5.75 Å². The molecule has 6 nitrogen and oxygen atoms in total. The van der Waals surface area contributed by atoms with Gasteiger partial charge in [0.2, 0.25) is 5.91 Å². The summed E-state index contributed by atoms with van der Waals surface area (Å²) in [5, 5.41) is 0. The van der Waals surface area contributed by atoms with Crippen molar-refractivity contribution in [1.82, 2.24) is 9.80 Å². The molecule has 1 aliphatic heterocycles. The van der Waals surface area contributed by atoms with Gasteiger partial charge in [0.25, 0.3) is 5.91 Å². The lowest BCUT2D eigenvalue weighted by atomic mass is 9.93. The number of carbonyl (C=O) groups is 2. The highest BCUT2D eigenvalue weighted by Gasteiger charge is 2.41. The predicted molar refractivity (Wildman–Crippen MR) is 111 cm³/mol. The smallest absolute Gasteiger partial charge is 0.253 e. The van der Waals surface area contributed by atoms with E-state index in [1.807, 2.05) is 61.5 Å². The Morgan fingerprint density at radius 3 is 2.59 bits per heavy atom. The fourth-order valence-electron chi connectivity index (χ4n) is 3.54. The van der Waals surface area contributed by atoms with E-state index < -0.39 is 12.1 Å². The van der Waals surface area contributed by atoms with Crippen molar-refractivity contribution in [1.29, 1.82) is 0 Å². The third kappa shape index (κ3) is 4.95. The second-order valence-electron chi connectivity index (χ2n) is 7.31. The minimum absolute atomic E-state index is 0.0831. The van der Waals surface area contributed by atoms with Crippen LogP contribution in [0.2, 0.25) is 0 Å². The number of aryl methyl sites for hydroxylation is 1. The van der Waals surface area contributed by atoms with Crippen molar-refractivity contribution in [2.24, 2.45) is 0 Å². The van der Waals surface area contributed by atoms with Crippen LogP contribution in [0.1, 0.15) is 23.6 Å². The Bertz CT molecular complexity index is 840. The van der Waals surface area contributed by atoms with Crippen molar-refractivity contribution in [3.63, 3.8) is 0 Å². The number of carbonyl (C=O) groups excluding carboxylic acids is 2. The van der Waals surface area contributed by atoms with Gasteiger partial charge in [-0.15, -0.1) is 0 Å². The Balaban J connectivity index is 1.64. The molecule has 0 aliphatic carbocycles. The monoisotopic (exact) mass is 396 g/mol. The van der Waals surface area contributed by atoms with Crippen molar-refractivity contribution < 1.29 is 19.1 Å². The van der Waals surface area contributed by atoms with Crippen molar-refractivity contribution in [2.75, 3.05) is 33.9 Å². The summed E-state index contributed by atoms with van der Waals surface area (Å²) in [6.07, 6.45) is -0.0213. The maximum absolute atomic E-state index is 13.1. The van der Waals surface area contributed by atoms with E-state index in [0.29, 0.717) is 19.6 Å². The lowest BCUT2D eigenvalue weighted by Gasteiger charge is -2.40. The standard InChI is InChI=1S/C23H28N2O4/c1-17-10-7-8-13-19(17)21-22(29-16-20(26)25(21)3)23(27)24(2)14-9-15-28-18-11-5-4-6-12-18/h4-8,10-13,21-22H,9,14-16H2,1-3H3/t21-,22+/m1/s1. The van der Waals surface area contributed by atoms with Crippen LogP contribution in [0.5, 0.6) is 5.75 Å². The second-order valence-corrected chi connectivity index (χ2v) is 7.31. The quantitative estimate of drug-likeness (QED) is 0.676. The number of morpholine rings is 1. The lowest BCUT2D eigenvalue weighted by molar-refractivity contribution is -0.166. The van der Waals surface area contributed by atoms with Crippen LogP contribution in [0.15, 0.2) is 54.6 Å². The number of rotatable bonds is 7. The second kappa shape index (κ2) is 9.56. The molecule has 6 heteroatoms. The van der Waals surface area contributed by atoms with Gasteiger partial charge in [-0.1, -0.05) is 42.5 Å². The molecule has 0 bridgehead atoms. The number of benzene rings is 2. The molecular weight excluding hydrogens is 368 g/mol. The van der Waals surface area contributed by atoms with E-state index in [1.165, 1.54) is 0 Å². The van der Waals surface area contributed by atoms with E-state index in [0.717, 1.165) is 16.9 Å². The minimum atomic E-state index is -0.723. The Kier molecular flexibility index (Phi) is 6.88. The Morgan fingerprint density at radius 1 is 1.17 bits per heavy atom. The third-order valence-electron chi connectivity index (χ3n) is 5.26. The van der Waals surface area contributed by atoms with Gasteiger partial charge >= 0.3 is 0 Å². The Hall–Kier alpha value is -2.86. The summed E-state index contributed by atoms with van der Waals surface area (Å²) in [5.41, 5.74) is 1.96. The topological polar surface area (TPSA) is 59.1 Å². The maximum Gasteiger partial charge on any atom is 0.253 e. The van der Waals surface area contributed by atoms with E-state index in [2.05, 4.69) is 0 Å². The first-order chi connectivity index (χ1) is 14.0. The molecule has 1 saturated heterocycles. The van der Waals surface area contributed by atoms with Gasteiger partial charge in [-0.05, 0) is 36.6 Å². The Labute approximate surface area is 172 Å². The van der Waals surface area contributed by atoms with E-state index >= 15 is 0 Å². The van der Waals surface area contributed by atoms with Crippen LogP contribution in [0.25, 0.3) is 0 Å². The largest absolute Gasteiger partial charge is 0.494 e. The molecule has 0 aromatic heterocycles. The van der Waals surface area contributed by atoms with Crippen LogP contribution < -0.4 is 4.74 Å². The molecular formula is C23H28N2O4. The molecule has 1 heterocycles. The lowest BCUT2D eigenvalue weighted by Crippen LogP contribution is -2.53. The van der Waals surface area contributed by atoms with Crippen molar-refractivity contribution in [3.05, 3.63) is 65.7 Å². The van der Waals surface area contributed by atoms with Crippen molar-refractivity contribution in [2.45, 2.75) is 25.5 Å². The van der Waals surface area contributed by atoms with Crippen LogP contribution in [0.4, 0.5) is 0 Å². The van der Waals surface area contributed by atoms with E-state index in [1.54, 1.807) is 23.9 Å². The number of amides is 2. The molecule has 0 unspecified atom stereocenters. The van der Waals surface area contributed by atoms with E-state index in [9.17, 15) is 9.59 Å². The molecule has 2 aromatic carbocycles. The van der Waals surface area contributed by atoms with Crippen LogP contribution in [-0.4, -0.2) is 61.6 Å². The van der Waals surface area contributed by atoms with Gasteiger partial charge in [0.1, 0.15) is 12.4 Å². The molecule has 154 valence electrons. The van der Waals surface area contributed by atoms with Crippen molar-refractivity contribution >= 4 is 11.8 Å². The summed E-state index contributed by atoms with van der Waals surface area (Å²) in [4.78, 5) is 28.7. The Morgan fingerprint density at radius 2 is 1.86 bits per heavy atom. The zero-order valence-electron chi connectivity index (χ0n) is 17.2. The summed E-state index contributed by atoms with van der Waals surface area (Å²) in [5.74, 6) is 0.565. The maximum atomic E-state index is 13.1. The number of para-hydroxylation sites is 1. The summed E-state index contributed by atoms with van der Waals surface area (Å²) in [6.45, 7) is 2.96. The van der Waals surface area contributed by atoms with Gasteiger partial charge in [0, 0.05) is 20.6 Å². The van der Waals surface area contributed by atoms with E-state index in [-0.39, 0.29) is 18.4 Å². The van der Waals surface area contributed by atoms with Gasteiger partial charge in [-0.2, -0.15) is 0 Å². The number of likely N-dealkylation sites (N-methyl/N-ethyl adjacent to an activating group) is 2. The summed E-state index contributed by atoms with van der Waals surface area (Å²) in [6, 6.07) is 17.0. The molecule has 0 radical (unpaired) electrons. The molecule has 3 rings (SSSR count). The first kappa shape index (κ1) is 20.9. The fraction of sp³-hybridized carbons (Fsp3) is 0.391. The highest BCUT2D eigenvalue weighted by atomic mass is 16.5. The molecule has 1 aliphatic rings. The highest BCUT2D eigenvalue weighted by molar-refractivity contribution is 5.86. The molecule has 2 atom stereocenters. The third-order valence-corrected chi connectivity index (χ3v) is 5.26. The van der Waals surface area contributed by atoms with Crippen LogP contribution in [-0.2, 0) is 14.3 Å². The molecule has 2 amide bonds. The van der Waals surface area contributed by atoms with Crippen LogP contribution >= 0.6 is 0 Å². The normalized spacial score (nSPS) is 19.1. The van der Waals surface area contributed by atoms with Gasteiger partial charge in [0.05, 0.1) is 12.6 Å².